The molecule has 100 valence electrons. The topological polar surface area (TPSA) is 21.3 Å². The molecule has 1 saturated heterocycles. The molecule has 0 saturated carbocycles. The van der Waals surface area contributed by atoms with Crippen molar-refractivity contribution in [2.75, 3.05) is 19.8 Å². The molecule has 0 amide bonds. The molecule has 1 aliphatic rings. The van der Waals surface area contributed by atoms with Crippen molar-refractivity contribution in [2.45, 2.75) is 38.1 Å². The van der Waals surface area contributed by atoms with Crippen molar-refractivity contribution < 1.29 is 4.74 Å². The summed E-state index contributed by atoms with van der Waals surface area (Å²) in [6.45, 7) is 7.15. The molecule has 1 aromatic rings. The van der Waals surface area contributed by atoms with Gasteiger partial charge < -0.3 is 10.1 Å². The molecule has 18 heavy (non-hydrogen) atoms. The number of ether oxygens (including phenoxy) is 1. The lowest BCUT2D eigenvalue weighted by Gasteiger charge is -2.39. The Morgan fingerprint density at radius 2 is 1.94 bits per heavy atom. The van der Waals surface area contributed by atoms with E-state index >= 15 is 0 Å². The average Bonchev–Trinajstić information content (AvgIpc) is 2.38. The lowest BCUT2D eigenvalue weighted by molar-refractivity contribution is 0.0490. The Kier molecular flexibility index (Phi) is 4.82. The quantitative estimate of drug-likeness (QED) is 0.919. The van der Waals surface area contributed by atoms with Crippen LogP contribution >= 0.6 is 15.9 Å². The van der Waals surface area contributed by atoms with Gasteiger partial charge in [-0.05, 0) is 24.5 Å². The van der Waals surface area contributed by atoms with Gasteiger partial charge in [0.05, 0.1) is 0 Å². The summed E-state index contributed by atoms with van der Waals surface area (Å²) in [6.07, 6.45) is 2.19. The van der Waals surface area contributed by atoms with Crippen LogP contribution in [0.3, 0.4) is 0 Å². The number of hydrogen-bond donors (Lipinski definition) is 1. The van der Waals surface area contributed by atoms with E-state index in [1.165, 1.54) is 10.0 Å². The summed E-state index contributed by atoms with van der Waals surface area (Å²) in [4.78, 5) is 0. The Morgan fingerprint density at radius 1 is 1.28 bits per heavy atom. The van der Waals surface area contributed by atoms with Gasteiger partial charge in [0.1, 0.15) is 0 Å². The number of hydrogen-bond acceptors (Lipinski definition) is 2. The van der Waals surface area contributed by atoms with E-state index in [0.29, 0.717) is 6.04 Å². The molecule has 1 aromatic carbocycles. The molecule has 0 atom stereocenters. The van der Waals surface area contributed by atoms with Gasteiger partial charge in [0, 0.05) is 35.7 Å². The van der Waals surface area contributed by atoms with Crippen molar-refractivity contribution in [3.63, 3.8) is 0 Å². The second kappa shape index (κ2) is 6.18. The summed E-state index contributed by atoms with van der Waals surface area (Å²) in [5.74, 6) is 0. The zero-order valence-corrected chi connectivity index (χ0v) is 12.8. The van der Waals surface area contributed by atoms with E-state index < -0.39 is 0 Å². The van der Waals surface area contributed by atoms with Crippen LogP contribution in [0.1, 0.15) is 32.3 Å². The van der Waals surface area contributed by atoms with Crippen LogP contribution in [0.5, 0.6) is 0 Å². The molecule has 2 rings (SSSR count). The van der Waals surface area contributed by atoms with Crippen molar-refractivity contribution in [1.29, 1.82) is 0 Å². The number of rotatable bonds is 4. The molecular weight excluding hydrogens is 290 g/mol. The molecule has 1 aliphatic heterocycles. The fourth-order valence-corrected chi connectivity index (χ4v) is 3.30. The predicted octanol–water partition coefficient (Wildman–Crippen LogP) is 3.50. The minimum Gasteiger partial charge on any atom is -0.381 e. The maximum Gasteiger partial charge on any atom is 0.0475 e. The normalized spacial score (nSPS) is 19.1. The van der Waals surface area contributed by atoms with E-state index in [-0.39, 0.29) is 5.41 Å². The highest BCUT2D eigenvalue weighted by Crippen LogP contribution is 2.38. The summed E-state index contributed by atoms with van der Waals surface area (Å²) in [5, 5.41) is 3.61. The minimum atomic E-state index is 0.211. The summed E-state index contributed by atoms with van der Waals surface area (Å²) >= 11 is 3.71. The highest BCUT2D eigenvalue weighted by atomic mass is 79.9. The van der Waals surface area contributed by atoms with Crippen LogP contribution in [0.15, 0.2) is 28.7 Å². The van der Waals surface area contributed by atoms with Crippen LogP contribution in [0.2, 0.25) is 0 Å². The fraction of sp³-hybridized carbons (Fsp3) is 0.600. The van der Waals surface area contributed by atoms with Gasteiger partial charge in [0.25, 0.3) is 0 Å². The third kappa shape index (κ3) is 3.14. The summed E-state index contributed by atoms with van der Waals surface area (Å²) in [6, 6.07) is 9.12. The summed E-state index contributed by atoms with van der Waals surface area (Å²) < 4.78 is 6.77. The summed E-state index contributed by atoms with van der Waals surface area (Å²) in [7, 11) is 0. The van der Waals surface area contributed by atoms with Crippen LogP contribution in [0.25, 0.3) is 0 Å². The second-order valence-electron chi connectivity index (χ2n) is 5.41. The number of benzene rings is 1. The van der Waals surface area contributed by atoms with Crippen molar-refractivity contribution >= 4 is 15.9 Å². The molecule has 3 heteroatoms. The van der Waals surface area contributed by atoms with Gasteiger partial charge in [-0.25, -0.2) is 0 Å². The summed E-state index contributed by atoms with van der Waals surface area (Å²) in [5.41, 5.74) is 1.63. The fourth-order valence-electron chi connectivity index (χ4n) is 2.59. The molecule has 0 aliphatic carbocycles. The Labute approximate surface area is 118 Å². The molecule has 1 heterocycles. The van der Waals surface area contributed by atoms with E-state index in [1.807, 2.05) is 0 Å². The van der Waals surface area contributed by atoms with E-state index in [4.69, 9.17) is 4.74 Å². The van der Waals surface area contributed by atoms with E-state index in [0.717, 1.165) is 32.6 Å². The maximum absolute atomic E-state index is 5.55. The van der Waals surface area contributed by atoms with Crippen molar-refractivity contribution in [3.8, 4) is 0 Å². The Balaban J connectivity index is 2.26. The average molecular weight is 312 g/mol. The first-order chi connectivity index (χ1) is 8.64. The lowest BCUT2D eigenvalue weighted by Crippen LogP contribution is -2.44. The zero-order chi connectivity index (χ0) is 13.0. The molecule has 0 bridgehead atoms. The van der Waals surface area contributed by atoms with Crippen LogP contribution in [0.4, 0.5) is 0 Å². The largest absolute Gasteiger partial charge is 0.381 e. The molecule has 1 fully saturated rings. The van der Waals surface area contributed by atoms with Gasteiger partial charge in [-0.2, -0.15) is 0 Å². The van der Waals surface area contributed by atoms with Gasteiger partial charge in [0.15, 0.2) is 0 Å². The van der Waals surface area contributed by atoms with Crippen LogP contribution in [-0.2, 0) is 10.2 Å². The molecule has 1 N–H and O–H groups in total. The van der Waals surface area contributed by atoms with Crippen molar-refractivity contribution in [2.24, 2.45) is 0 Å². The predicted molar refractivity (Wildman–Crippen MR) is 79.0 cm³/mol. The van der Waals surface area contributed by atoms with Gasteiger partial charge >= 0.3 is 0 Å². The maximum atomic E-state index is 5.55. The molecular formula is C15H22BrNO. The molecule has 0 radical (unpaired) electrons. The van der Waals surface area contributed by atoms with E-state index in [1.54, 1.807) is 0 Å². The first-order valence-corrected chi connectivity index (χ1v) is 7.49. The molecule has 0 aromatic heterocycles. The minimum absolute atomic E-state index is 0.211. The highest BCUT2D eigenvalue weighted by Gasteiger charge is 2.35. The van der Waals surface area contributed by atoms with Gasteiger partial charge in [-0.1, -0.05) is 48.0 Å². The Bertz CT molecular complexity index is 386. The van der Waals surface area contributed by atoms with E-state index in [2.05, 4.69) is 59.4 Å². The smallest absolute Gasteiger partial charge is 0.0475 e. The number of nitrogens with one attached hydrogen (secondary N) is 1. The second-order valence-corrected chi connectivity index (χ2v) is 6.26. The Hall–Kier alpha value is -0.380. The first-order valence-electron chi connectivity index (χ1n) is 6.70. The third-order valence-electron chi connectivity index (χ3n) is 3.74. The highest BCUT2D eigenvalue weighted by molar-refractivity contribution is 9.10. The Morgan fingerprint density at radius 3 is 2.56 bits per heavy atom. The standard InChI is InChI=1S/C15H22BrNO/c1-12(2)17-11-15(7-9-18-10-8-15)13-5-3-4-6-14(13)16/h3-6,12,17H,7-11H2,1-2H3. The van der Waals surface area contributed by atoms with Gasteiger partial charge in [-0.3, -0.25) is 0 Å². The molecule has 2 nitrogen and oxygen atoms in total. The van der Waals surface area contributed by atoms with Crippen molar-refractivity contribution in [1.82, 2.24) is 5.32 Å². The zero-order valence-electron chi connectivity index (χ0n) is 11.2. The molecule has 0 unspecified atom stereocenters. The van der Waals surface area contributed by atoms with Crippen LogP contribution in [-0.4, -0.2) is 25.8 Å². The van der Waals surface area contributed by atoms with Crippen LogP contribution < -0.4 is 5.32 Å². The van der Waals surface area contributed by atoms with Crippen LogP contribution in [0, 0.1) is 0 Å². The van der Waals surface area contributed by atoms with E-state index in [9.17, 15) is 0 Å². The SMILES string of the molecule is CC(C)NCC1(c2ccccc2Br)CCOCC1. The monoisotopic (exact) mass is 311 g/mol. The third-order valence-corrected chi connectivity index (χ3v) is 4.44. The molecule has 0 spiro atoms. The van der Waals surface area contributed by atoms with Gasteiger partial charge in [-0.15, -0.1) is 0 Å². The van der Waals surface area contributed by atoms with Gasteiger partial charge in [0.2, 0.25) is 0 Å². The lowest BCUT2D eigenvalue weighted by atomic mass is 9.74. The number of halogens is 1. The first kappa shape index (κ1) is 14.0. The van der Waals surface area contributed by atoms with Crippen molar-refractivity contribution in [3.05, 3.63) is 34.3 Å².